The highest BCUT2D eigenvalue weighted by molar-refractivity contribution is 5.91. The summed E-state index contributed by atoms with van der Waals surface area (Å²) in [6, 6.07) is 0. The van der Waals surface area contributed by atoms with Crippen molar-refractivity contribution in [1.29, 1.82) is 0 Å². The molecule has 74 valence electrons. The zero-order valence-corrected chi connectivity index (χ0v) is 8.59. The molecule has 13 heavy (non-hydrogen) atoms. The number of rotatable bonds is 3. The van der Waals surface area contributed by atoms with Crippen molar-refractivity contribution < 1.29 is 9.53 Å². The van der Waals surface area contributed by atoms with Crippen molar-refractivity contribution in [3.63, 3.8) is 0 Å². The van der Waals surface area contributed by atoms with Crippen molar-refractivity contribution in [2.24, 2.45) is 10.4 Å². The van der Waals surface area contributed by atoms with Gasteiger partial charge in [0, 0.05) is 24.6 Å². The summed E-state index contributed by atoms with van der Waals surface area (Å²) in [7, 11) is 0. The topological polar surface area (TPSA) is 38.7 Å². The monoisotopic (exact) mass is 183 g/mol. The van der Waals surface area contributed by atoms with E-state index in [4.69, 9.17) is 4.74 Å². The molecule has 0 saturated carbocycles. The summed E-state index contributed by atoms with van der Waals surface area (Å²) < 4.78 is 5.00. The Balaban J connectivity index is 2.49. The lowest BCUT2D eigenvalue weighted by molar-refractivity contribution is -0.142. The van der Waals surface area contributed by atoms with E-state index in [-0.39, 0.29) is 11.4 Å². The molecule has 0 bridgehead atoms. The van der Waals surface area contributed by atoms with Gasteiger partial charge in [-0.3, -0.25) is 9.79 Å². The fourth-order valence-corrected chi connectivity index (χ4v) is 1.46. The number of hydrogen-bond acceptors (Lipinski definition) is 3. The molecule has 0 radical (unpaired) electrons. The molecule has 1 aliphatic rings. The number of ether oxygens (including phenoxy) is 1. The van der Waals surface area contributed by atoms with Crippen LogP contribution in [0.2, 0.25) is 0 Å². The van der Waals surface area contributed by atoms with Gasteiger partial charge in [0.25, 0.3) is 0 Å². The number of nitrogens with zero attached hydrogens (tertiary/aromatic N) is 1. The predicted octanol–water partition coefficient (Wildman–Crippen LogP) is 1.81. The second-order valence-electron chi connectivity index (χ2n) is 4.10. The van der Waals surface area contributed by atoms with Crippen LogP contribution < -0.4 is 0 Å². The van der Waals surface area contributed by atoms with Gasteiger partial charge in [-0.25, -0.2) is 0 Å². The normalized spacial score (nSPS) is 17.0. The van der Waals surface area contributed by atoms with Gasteiger partial charge in [0.1, 0.15) is 6.61 Å². The fraction of sp³-hybridized carbons (Fsp3) is 0.800. The third kappa shape index (κ3) is 2.83. The Morgan fingerprint density at radius 2 is 2.31 bits per heavy atom. The first kappa shape index (κ1) is 10.2. The molecular formula is C10H17NO2. The van der Waals surface area contributed by atoms with Crippen LogP contribution in [-0.4, -0.2) is 24.8 Å². The fourth-order valence-electron chi connectivity index (χ4n) is 1.46. The van der Waals surface area contributed by atoms with Gasteiger partial charge in [0.15, 0.2) is 0 Å². The van der Waals surface area contributed by atoms with Crippen molar-refractivity contribution in [2.45, 2.75) is 33.6 Å². The number of carbonyl (C=O) groups excluding carboxylic acids is 1. The molecule has 0 unspecified atom stereocenters. The lowest BCUT2D eigenvalue weighted by Crippen LogP contribution is -2.29. The highest BCUT2D eigenvalue weighted by atomic mass is 16.5. The number of hydrogen-bond donors (Lipinski definition) is 0. The number of aliphatic imine (C=N–C) groups is 1. The molecule has 1 heterocycles. The Morgan fingerprint density at radius 3 is 2.77 bits per heavy atom. The number of carbonyl (C=O) groups is 1. The smallest absolute Gasteiger partial charge is 0.302 e. The first-order valence-electron chi connectivity index (χ1n) is 4.69. The number of esters is 1. The first-order chi connectivity index (χ1) is 6.02. The van der Waals surface area contributed by atoms with Crippen molar-refractivity contribution in [2.75, 3.05) is 13.2 Å². The van der Waals surface area contributed by atoms with Crippen LogP contribution in [0.3, 0.4) is 0 Å². The maximum Gasteiger partial charge on any atom is 0.302 e. The molecule has 0 aliphatic carbocycles. The van der Waals surface area contributed by atoms with Crippen LogP contribution in [-0.2, 0) is 9.53 Å². The highest BCUT2D eigenvalue weighted by Gasteiger charge is 2.27. The van der Waals surface area contributed by atoms with Crippen molar-refractivity contribution >= 4 is 11.7 Å². The van der Waals surface area contributed by atoms with Gasteiger partial charge in [-0.2, -0.15) is 0 Å². The molecule has 0 atom stereocenters. The van der Waals surface area contributed by atoms with Crippen molar-refractivity contribution in [1.82, 2.24) is 0 Å². The Hall–Kier alpha value is -0.860. The Kier molecular flexibility index (Phi) is 3.07. The van der Waals surface area contributed by atoms with E-state index in [1.165, 1.54) is 12.6 Å². The van der Waals surface area contributed by atoms with Gasteiger partial charge in [-0.1, -0.05) is 13.8 Å². The molecule has 0 fully saturated rings. The van der Waals surface area contributed by atoms with E-state index >= 15 is 0 Å². The summed E-state index contributed by atoms with van der Waals surface area (Å²) in [5, 5.41) is 0. The maximum absolute atomic E-state index is 10.6. The molecule has 0 amide bonds. The van der Waals surface area contributed by atoms with E-state index < -0.39 is 0 Å². The van der Waals surface area contributed by atoms with E-state index in [0.29, 0.717) is 6.61 Å². The molecule has 0 saturated heterocycles. The molecule has 0 N–H and O–H groups in total. The summed E-state index contributed by atoms with van der Waals surface area (Å²) in [5.41, 5.74) is 1.11. The predicted molar refractivity (Wildman–Crippen MR) is 52.0 cm³/mol. The van der Waals surface area contributed by atoms with Crippen LogP contribution in [0.25, 0.3) is 0 Å². The van der Waals surface area contributed by atoms with Crippen molar-refractivity contribution in [3.05, 3.63) is 0 Å². The molecule has 3 nitrogen and oxygen atoms in total. The average Bonchev–Trinajstić information content (AvgIpc) is 2.53. The maximum atomic E-state index is 10.6. The summed E-state index contributed by atoms with van der Waals surface area (Å²) in [5.74, 6) is -0.216. The van der Waals surface area contributed by atoms with Gasteiger partial charge >= 0.3 is 5.97 Å². The zero-order chi connectivity index (χ0) is 9.90. The second kappa shape index (κ2) is 3.90. The van der Waals surface area contributed by atoms with Gasteiger partial charge < -0.3 is 4.74 Å². The van der Waals surface area contributed by atoms with E-state index in [0.717, 1.165) is 19.4 Å². The van der Waals surface area contributed by atoms with E-state index in [2.05, 4.69) is 18.8 Å². The van der Waals surface area contributed by atoms with Crippen molar-refractivity contribution in [3.8, 4) is 0 Å². The third-order valence-corrected chi connectivity index (χ3v) is 2.29. The van der Waals surface area contributed by atoms with Crippen LogP contribution in [0.4, 0.5) is 0 Å². The zero-order valence-electron chi connectivity index (χ0n) is 8.59. The van der Waals surface area contributed by atoms with Gasteiger partial charge in [0.05, 0.1) is 0 Å². The van der Waals surface area contributed by atoms with Gasteiger partial charge in [0.2, 0.25) is 0 Å². The average molecular weight is 183 g/mol. The third-order valence-electron chi connectivity index (χ3n) is 2.29. The molecule has 0 aromatic heterocycles. The van der Waals surface area contributed by atoms with Crippen LogP contribution in [0.1, 0.15) is 33.6 Å². The Labute approximate surface area is 79.2 Å². The quantitative estimate of drug-likeness (QED) is 0.626. The van der Waals surface area contributed by atoms with E-state index in [1.807, 2.05) is 0 Å². The highest BCUT2D eigenvalue weighted by Crippen LogP contribution is 2.24. The first-order valence-corrected chi connectivity index (χ1v) is 4.69. The summed E-state index contributed by atoms with van der Waals surface area (Å²) in [4.78, 5) is 15.1. The minimum Gasteiger partial charge on any atom is -0.465 e. The summed E-state index contributed by atoms with van der Waals surface area (Å²) in [6.07, 6.45) is 2.19. The SMILES string of the molecule is CC(=O)OCC(C)(C)C1=NCCC1. The Bertz CT molecular complexity index is 231. The van der Waals surface area contributed by atoms with E-state index in [1.54, 1.807) is 0 Å². The lowest BCUT2D eigenvalue weighted by Gasteiger charge is -2.23. The molecule has 1 aliphatic heterocycles. The Morgan fingerprint density at radius 1 is 1.62 bits per heavy atom. The van der Waals surface area contributed by atoms with Gasteiger partial charge in [-0.05, 0) is 12.8 Å². The van der Waals surface area contributed by atoms with Crippen LogP contribution in [0, 0.1) is 5.41 Å². The van der Waals surface area contributed by atoms with E-state index in [9.17, 15) is 4.79 Å². The standard InChI is InChI=1S/C10H17NO2/c1-8(12)13-7-10(2,3)9-5-4-6-11-9/h4-7H2,1-3H3. The second-order valence-corrected chi connectivity index (χ2v) is 4.10. The molecular weight excluding hydrogens is 166 g/mol. The molecule has 0 aromatic carbocycles. The molecule has 0 aromatic rings. The lowest BCUT2D eigenvalue weighted by atomic mass is 9.87. The molecule has 3 heteroatoms. The molecule has 1 rings (SSSR count). The summed E-state index contributed by atoms with van der Waals surface area (Å²) >= 11 is 0. The summed E-state index contributed by atoms with van der Waals surface area (Å²) in [6.45, 7) is 6.95. The van der Waals surface area contributed by atoms with Crippen LogP contribution in [0.5, 0.6) is 0 Å². The molecule has 0 spiro atoms. The minimum absolute atomic E-state index is 0.0812. The van der Waals surface area contributed by atoms with Crippen LogP contribution >= 0.6 is 0 Å². The minimum atomic E-state index is -0.216. The largest absolute Gasteiger partial charge is 0.465 e. The van der Waals surface area contributed by atoms with Crippen LogP contribution in [0.15, 0.2) is 4.99 Å². The van der Waals surface area contributed by atoms with Gasteiger partial charge in [-0.15, -0.1) is 0 Å².